The average Bonchev–Trinajstić information content (AvgIpc) is 3.27. The zero-order chi connectivity index (χ0) is 30.1. The predicted octanol–water partition coefficient (Wildman–Crippen LogP) is 2.09. The van der Waals surface area contributed by atoms with Gasteiger partial charge in [0.15, 0.2) is 11.6 Å². The van der Waals surface area contributed by atoms with Crippen LogP contribution in [0.15, 0.2) is 46.7 Å². The molecule has 7 N–H and O–H groups in total. The first-order chi connectivity index (χ1) is 17.9. The van der Waals surface area contributed by atoms with E-state index in [1.54, 1.807) is 0 Å². The Kier molecular flexibility index (Phi) is 11.0. The van der Waals surface area contributed by atoms with Crippen LogP contribution >= 0.6 is 0 Å². The maximum atomic E-state index is 14.0. The Bertz CT molecular complexity index is 1310. The molecule has 39 heavy (non-hydrogen) atoms. The number of hydrogen-bond donors (Lipinski definition) is 6. The monoisotopic (exact) mass is 553 g/mol. The van der Waals surface area contributed by atoms with E-state index in [2.05, 4.69) is 0 Å². The number of furan rings is 1. The fourth-order valence-corrected chi connectivity index (χ4v) is 2.43. The third kappa shape index (κ3) is 10.4. The molecule has 0 aliphatic heterocycles. The molecule has 1 atom stereocenters. The van der Waals surface area contributed by atoms with Crippen molar-refractivity contribution in [2.24, 2.45) is 11.7 Å². The van der Waals surface area contributed by atoms with Crippen molar-refractivity contribution in [2.45, 2.75) is 32.9 Å². The van der Waals surface area contributed by atoms with Gasteiger partial charge in [-0.15, -0.1) is 0 Å². The summed E-state index contributed by atoms with van der Waals surface area (Å²) in [7, 11) is 0. The number of amidine groups is 1. The fraction of sp³-hybridized carbons (Fsp3) is 0.250. The largest absolute Gasteiger partial charge is 0.479 e. The second-order valence-corrected chi connectivity index (χ2v) is 8.32. The van der Waals surface area contributed by atoms with E-state index in [0.717, 1.165) is 32.2 Å². The first-order valence-electron chi connectivity index (χ1n) is 10.8. The van der Waals surface area contributed by atoms with Crippen LogP contribution in [0.1, 0.15) is 42.5 Å². The maximum absolute atomic E-state index is 14.0. The molecular weight excluding hydrogens is 528 g/mol. The van der Waals surface area contributed by atoms with Crippen molar-refractivity contribution in [1.82, 2.24) is 5.32 Å². The van der Waals surface area contributed by atoms with E-state index in [9.17, 15) is 32.8 Å². The minimum atomic E-state index is -2.08. The van der Waals surface area contributed by atoms with Gasteiger partial charge in [-0.2, -0.15) is 0 Å². The lowest BCUT2D eigenvalue weighted by Crippen LogP contribution is -2.33. The minimum Gasteiger partial charge on any atom is -0.479 e. The third-order valence-electron chi connectivity index (χ3n) is 4.55. The van der Waals surface area contributed by atoms with Gasteiger partial charge in [-0.1, -0.05) is 6.92 Å². The second kappa shape index (κ2) is 13.5. The molecule has 13 nitrogen and oxygen atoms in total. The van der Waals surface area contributed by atoms with Crippen molar-refractivity contribution in [2.75, 3.05) is 0 Å². The molecule has 0 bridgehead atoms. The normalized spacial score (nSPS) is 11.9. The number of nitrogen functional groups attached to an aromatic ring is 1. The molecule has 0 saturated carbocycles. The first-order valence-corrected chi connectivity index (χ1v) is 10.8. The van der Waals surface area contributed by atoms with Crippen molar-refractivity contribution < 1.29 is 57.2 Å². The molecule has 1 aromatic heterocycles. The van der Waals surface area contributed by atoms with Crippen LogP contribution in [-0.2, 0) is 25.6 Å². The lowest BCUT2D eigenvalue weighted by molar-refractivity contribution is -0.148. The van der Waals surface area contributed by atoms with Gasteiger partial charge in [0.2, 0.25) is 11.6 Å². The van der Waals surface area contributed by atoms with Crippen molar-refractivity contribution in [3.05, 3.63) is 65.0 Å². The molecular formula is C24H25F2N3O10. The Balaban J connectivity index is 0.000000956. The molecule has 1 unspecified atom stereocenters. The van der Waals surface area contributed by atoms with Gasteiger partial charge in [-0.25, -0.2) is 28.0 Å². The number of ether oxygens (including phenoxy) is 1. The lowest BCUT2D eigenvalue weighted by atomic mass is 10.0. The van der Waals surface area contributed by atoms with Gasteiger partial charge in [-0.3, -0.25) is 10.2 Å². The summed E-state index contributed by atoms with van der Waals surface area (Å²) in [6.45, 7) is 3.42. The fourth-order valence-electron chi connectivity index (χ4n) is 2.43. The number of carbonyl (C=O) groups excluding carboxylic acids is 2. The van der Waals surface area contributed by atoms with Crippen molar-refractivity contribution in [1.29, 1.82) is 5.41 Å². The highest BCUT2D eigenvalue weighted by Gasteiger charge is 2.25. The van der Waals surface area contributed by atoms with E-state index in [1.165, 1.54) is 19.1 Å². The SMILES string of the molecule is CC(C)(F)C(=O)O.CC(Cc1cc(C(=O)Oc2ccc(C(=N)N)cc2F)co1)C(=O)N/C(=C/C(=O)O)C(=O)O. The van der Waals surface area contributed by atoms with E-state index in [1.807, 2.05) is 5.32 Å². The van der Waals surface area contributed by atoms with Crippen molar-refractivity contribution in [3.8, 4) is 5.75 Å². The number of carbonyl (C=O) groups is 5. The molecule has 15 heteroatoms. The Morgan fingerprint density at radius 3 is 2.21 bits per heavy atom. The quantitative estimate of drug-likeness (QED) is 0.0820. The van der Waals surface area contributed by atoms with E-state index in [-0.39, 0.29) is 34.9 Å². The summed E-state index contributed by atoms with van der Waals surface area (Å²) in [5.74, 6) is -8.63. The molecule has 0 aliphatic rings. The van der Waals surface area contributed by atoms with Gasteiger partial charge in [-0.05, 0) is 38.1 Å². The van der Waals surface area contributed by atoms with Crippen LogP contribution < -0.4 is 15.8 Å². The standard InChI is InChI=1S/C20H18FN3O8.C4H7FO2/c1-9(18(27)24-14(19(28)29)7-16(25)26)4-12-5-11(8-31-12)20(30)32-15-3-2-10(17(22)23)6-13(15)21;1-4(2,5)3(6)7/h2-3,5-9H,4H2,1H3,(H3,22,23)(H,24,27)(H,25,26)(H,28,29);1-2H3,(H,6,7)/b14-7+;. The number of amides is 1. The Labute approximate surface area is 219 Å². The number of benzene rings is 1. The number of esters is 1. The number of carboxylic acids is 3. The topological polar surface area (TPSA) is 230 Å². The number of nitrogens with two attached hydrogens (primary N) is 1. The van der Waals surface area contributed by atoms with Gasteiger partial charge < -0.3 is 35.5 Å². The molecule has 0 fully saturated rings. The number of carboxylic acid groups (broad SMARTS) is 3. The van der Waals surface area contributed by atoms with Crippen LogP contribution in [-0.4, -0.2) is 56.6 Å². The summed E-state index contributed by atoms with van der Waals surface area (Å²) in [5.41, 5.74) is 2.41. The van der Waals surface area contributed by atoms with Crippen LogP contribution in [0.3, 0.4) is 0 Å². The second-order valence-electron chi connectivity index (χ2n) is 8.32. The van der Waals surface area contributed by atoms with Gasteiger partial charge in [0.05, 0.1) is 11.6 Å². The van der Waals surface area contributed by atoms with Crippen LogP contribution in [0, 0.1) is 17.1 Å². The number of rotatable bonds is 10. The van der Waals surface area contributed by atoms with Crippen molar-refractivity contribution in [3.63, 3.8) is 0 Å². The van der Waals surface area contributed by atoms with Gasteiger partial charge in [0, 0.05) is 17.9 Å². The summed E-state index contributed by atoms with van der Waals surface area (Å²) in [4.78, 5) is 55.6. The maximum Gasteiger partial charge on any atom is 0.352 e. The Morgan fingerprint density at radius 2 is 1.74 bits per heavy atom. The molecule has 1 heterocycles. The molecule has 0 radical (unpaired) electrons. The Morgan fingerprint density at radius 1 is 1.15 bits per heavy atom. The molecule has 0 saturated heterocycles. The van der Waals surface area contributed by atoms with Crippen LogP contribution in [0.5, 0.6) is 5.75 Å². The molecule has 210 valence electrons. The number of hydrogen-bond acceptors (Lipinski definition) is 8. The number of nitrogens with one attached hydrogen (secondary N) is 2. The van der Waals surface area contributed by atoms with Gasteiger partial charge in [0.25, 0.3) is 0 Å². The molecule has 0 aliphatic carbocycles. The van der Waals surface area contributed by atoms with E-state index in [4.69, 9.17) is 35.6 Å². The molecule has 1 aromatic carbocycles. The summed E-state index contributed by atoms with van der Waals surface area (Å²) >= 11 is 0. The summed E-state index contributed by atoms with van der Waals surface area (Å²) in [6.07, 6.45) is 1.33. The number of aliphatic carboxylic acids is 3. The van der Waals surface area contributed by atoms with Gasteiger partial charge in [0.1, 0.15) is 23.6 Å². The van der Waals surface area contributed by atoms with E-state index >= 15 is 0 Å². The highest BCUT2D eigenvalue weighted by Crippen LogP contribution is 2.21. The zero-order valence-electron chi connectivity index (χ0n) is 20.8. The van der Waals surface area contributed by atoms with E-state index in [0.29, 0.717) is 6.08 Å². The van der Waals surface area contributed by atoms with E-state index < -0.39 is 52.9 Å². The first kappa shape index (κ1) is 31.9. The number of halogens is 2. The van der Waals surface area contributed by atoms with Gasteiger partial charge >= 0.3 is 23.9 Å². The third-order valence-corrected chi connectivity index (χ3v) is 4.55. The number of alkyl halides is 1. The minimum absolute atomic E-state index is 0.0548. The Hall–Kier alpha value is -5.08. The summed E-state index contributed by atoms with van der Waals surface area (Å²) in [6, 6.07) is 4.65. The summed E-state index contributed by atoms with van der Waals surface area (Å²) < 4.78 is 36.1. The summed E-state index contributed by atoms with van der Waals surface area (Å²) in [5, 5.41) is 34.7. The average molecular weight is 553 g/mol. The molecule has 1 amide bonds. The van der Waals surface area contributed by atoms with Crippen LogP contribution in [0.4, 0.5) is 8.78 Å². The smallest absolute Gasteiger partial charge is 0.352 e. The molecule has 2 aromatic rings. The molecule has 2 rings (SSSR count). The van der Waals surface area contributed by atoms with Crippen LogP contribution in [0.25, 0.3) is 0 Å². The predicted molar refractivity (Wildman–Crippen MR) is 128 cm³/mol. The molecule has 0 spiro atoms. The zero-order valence-corrected chi connectivity index (χ0v) is 20.8. The van der Waals surface area contributed by atoms with Crippen LogP contribution in [0.2, 0.25) is 0 Å². The highest BCUT2D eigenvalue weighted by molar-refractivity contribution is 5.98. The lowest BCUT2D eigenvalue weighted by Gasteiger charge is -2.10. The van der Waals surface area contributed by atoms with Crippen molar-refractivity contribution >= 4 is 35.6 Å². The highest BCUT2D eigenvalue weighted by atomic mass is 19.1.